The average Bonchev–Trinajstić information content (AvgIpc) is 2.73. The highest BCUT2D eigenvalue weighted by Gasteiger charge is 2.12. The van der Waals surface area contributed by atoms with E-state index in [0.717, 1.165) is 11.1 Å². The van der Waals surface area contributed by atoms with Crippen molar-refractivity contribution in [1.29, 1.82) is 0 Å². The topological polar surface area (TPSA) is 79.8 Å². The van der Waals surface area contributed by atoms with Crippen LogP contribution in [0.25, 0.3) is 0 Å². The lowest BCUT2D eigenvalue weighted by Crippen LogP contribution is -2.20. The first-order valence-electron chi connectivity index (χ1n) is 9.70. The molecule has 32 heavy (non-hydrogen) atoms. The van der Waals surface area contributed by atoms with Gasteiger partial charge in [-0.3, -0.25) is 9.59 Å². The van der Waals surface area contributed by atoms with E-state index in [0.29, 0.717) is 16.8 Å². The molecule has 0 radical (unpaired) electrons. The maximum atomic E-state index is 12.1. The highest BCUT2D eigenvalue weighted by atomic mass is 35.5. The van der Waals surface area contributed by atoms with Crippen molar-refractivity contribution in [3.63, 3.8) is 0 Å². The number of carbonyl (C=O) groups is 2. The van der Waals surface area contributed by atoms with Crippen molar-refractivity contribution >= 4 is 46.9 Å². The highest BCUT2D eigenvalue weighted by Crippen LogP contribution is 2.33. The van der Waals surface area contributed by atoms with Crippen LogP contribution < -0.4 is 15.5 Å². The Morgan fingerprint density at radius 1 is 0.969 bits per heavy atom. The molecule has 0 fully saturated rings. The Bertz CT molecular complexity index is 1140. The fourth-order valence-electron chi connectivity index (χ4n) is 2.78. The lowest BCUT2D eigenvalue weighted by atomic mass is 10.1. The Morgan fingerprint density at radius 2 is 1.66 bits per heavy atom. The Labute approximate surface area is 196 Å². The maximum absolute atomic E-state index is 12.1. The number of benzene rings is 3. The highest BCUT2D eigenvalue weighted by molar-refractivity contribution is 6.37. The summed E-state index contributed by atoms with van der Waals surface area (Å²) < 4.78 is 5.51. The number of hydrogen-bond acceptors (Lipinski definition) is 4. The van der Waals surface area contributed by atoms with Gasteiger partial charge in [0.05, 0.1) is 16.3 Å². The molecule has 3 aromatic carbocycles. The van der Waals surface area contributed by atoms with Crippen LogP contribution in [-0.2, 0) is 4.79 Å². The zero-order valence-corrected chi connectivity index (χ0v) is 19.0. The third-order valence-electron chi connectivity index (χ3n) is 4.36. The van der Waals surface area contributed by atoms with Gasteiger partial charge in [0.1, 0.15) is 0 Å². The fraction of sp³-hybridized carbons (Fsp3) is 0.125. The predicted molar refractivity (Wildman–Crippen MR) is 128 cm³/mol. The maximum Gasteiger partial charge on any atom is 0.271 e. The number of nitrogens with zero attached hydrogens (tertiary/aromatic N) is 1. The van der Waals surface area contributed by atoms with Gasteiger partial charge in [-0.15, -0.1) is 0 Å². The predicted octanol–water partition coefficient (Wildman–Crippen LogP) is 5.39. The minimum atomic E-state index is -0.341. The van der Waals surface area contributed by atoms with Gasteiger partial charge in [-0.25, -0.2) is 5.43 Å². The standard InChI is InChI=1S/C24H21Cl2N3O3/c1-15-6-8-18(9-7-15)24(31)29-27-13-17-11-20(25)23(21(26)12-17)32-14-22(30)28-19-5-3-4-16(2)10-19/h3-13H,14H2,1-2H3,(H,28,30)(H,29,31)/b27-13+. The number of amides is 2. The van der Waals surface area contributed by atoms with Crippen LogP contribution in [0.3, 0.4) is 0 Å². The lowest BCUT2D eigenvalue weighted by molar-refractivity contribution is -0.118. The summed E-state index contributed by atoms with van der Waals surface area (Å²) in [6.07, 6.45) is 1.41. The molecule has 2 amide bonds. The summed E-state index contributed by atoms with van der Waals surface area (Å²) >= 11 is 12.5. The van der Waals surface area contributed by atoms with Crippen molar-refractivity contribution in [3.8, 4) is 5.75 Å². The summed E-state index contributed by atoms with van der Waals surface area (Å²) in [6, 6.07) is 17.7. The third-order valence-corrected chi connectivity index (χ3v) is 4.93. The molecule has 0 aliphatic rings. The smallest absolute Gasteiger partial charge is 0.271 e. The molecule has 0 unspecified atom stereocenters. The molecule has 0 saturated heterocycles. The molecule has 0 heterocycles. The van der Waals surface area contributed by atoms with Crippen molar-refractivity contribution in [1.82, 2.24) is 5.43 Å². The van der Waals surface area contributed by atoms with Gasteiger partial charge in [-0.1, -0.05) is 53.0 Å². The first kappa shape index (κ1) is 23.3. The van der Waals surface area contributed by atoms with Crippen LogP contribution in [0.15, 0.2) is 65.8 Å². The normalized spacial score (nSPS) is 10.8. The second-order valence-electron chi connectivity index (χ2n) is 7.09. The number of carbonyl (C=O) groups excluding carboxylic acids is 2. The van der Waals surface area contributed by atoms with Gasteiger partial charge in [0, 0.05) is 11.3 Å². The van der Waals surface area contributed by atoms with Gasteiger partial charge in [-0.05, 0) is 61.4 Å². The van der Waals surface area contributed by atoms with Crippen molar-refractivity contribution < 1.29 is 14.3 Å². The number of rotatable bonds is 7. The zero-order chi connectivity index (χ0) is 23.1. The quantitative estimate of drug-likeness (QED) is 0.359. The molecular formula is C24H21Cl2N3O3. The van der Waals surface area contributed by atoms with Crippen molar-refractivity contribution in [3.05, 3.63) is 93.0 Å². The second kappa shape index (κ2) is 10.8. The summed E-state index contributed by atoms with van der Waals surface area (Å²) in [5.74, 6) is -0.487. The molecule has 0 aliphatic carbocycles. The van der Waals surface area contributed by atoms with Gasteiger partial charge in [0.15, 0.2) is 12.4 Å². The molecule has 0 atom stereocenters. The molecule has 8 heteroatoms. The summed E-state index contributed by atoms with van der Waals surface area (Å²) in [7, 11) is 0. The van der Waals surface area contributed by atoms with E-state index in [1.165, 1.54) is 6.21 Å². The van der Waals surface area contributed by atoms with E-state index < -0.39 is 0 Å². The number of ether oxygens (including phenoxy) is 1. The van der Waals surface area contributed by atoms with E-state index in [2.05, 4.69) is 15.8 Å². The number of hydrazone groups is 1. The van der Waals surface area contributed by atoms with Gasteiger partial charge >= 0.3 is 0 Å². The molecule has 0 aromatic heterocycles. The van der Waals surface area contributed by atoms with Crippen LogP contribution >= 0.6 is 23.2 Å². The molecular weight excluding hydrogens is 449 g/mol. The second-order valence-corrected chi connectivity index (χ2v) is 7.90. The van der Waals surface area contributed by atoms with E-state index in [1.807, 2.05) is 44.2 Å². The van der Waals surface area contributed by atoms with E-state index in [4.69, 9.17) is 27.9 Å². The first-order valence-corrected chi connectivity index (χ1v) is 10.5. The number of anilines is 1. The van der Waals surface area contributed by atoms with Gasteiger partial charge in [0.25, 0.3) is 11.8 Å². The van der Waals surface area contributed by atoms with Crippen LogP contribution in [0.2, 0.25) is 10.0 Å². The molecule has 0 bridgehead atoms. The van der Waals surface area contributed by atoms with E-state index >= 15 is 0 Å². The molecule has 3 aromatic rings. The van der Waals surface area contributed by atoms with E-state index in [9.17, 15) is 9.59 Å². The minimum Gasteiger partial charge on any atom is -0.481 e. The third kappa shape index (κ3) is 6.57. The van der Waals surface area contributed by atoms with Crippen LogP contribution in [0.5, 0.6) is 5.75 Å². The van der Waals surface area contributed by atoms with Crippen LogP contribution in [0, 0.1) is 13.8 Å². The molecule has 2 N–H and O–H groups in total. The molecule has 0 saturated carbocycles. The number of hydrogen-bond donors (Lipinski definition) is 2. The van der Waals surface area contributed by atoms with Crippen LogP contribution in [0.4, 0.5) is 5.69 Å². The summed E-state index contributed by atoms with van der Waals surface area (Å²) in [5, 5.41) is 7.11. The van der Waals surface area contributed by atoms with E-state index in [1.54, 1.807) is 30.3 Å². The van der Waals surface area contributed by atoms with Crippen molar-refractivity contribution in [2.45, 2.75) is 13.8 Å². The summed E-state index contributed by atoms with van der Waals surface area (Å²) in [4.78, 5) is 24.2. The van der Waals surface area contributed by atoms with Gasteiger partial charge < -0.3 is 10.1 Å². The molecule has 6 nitrogen and oxygen atoms in total. The first-order chi connectivity index (χ1) is 15.3. The number of halogens is 2. The summed E-state index contributed by atoms with van der Waals surface area (Å²) in [6.45, 7) is 3.62. The molecule has 0 aliphatic heterocycles. The number of aryl methyl sites for hydroxylation is 2. The lowest BCUT2D eigenvalue weighted by Gasteiger charge is -2.11. The Morgan fingerprint density at radius 3 is 2.31 bits per heavy atom. The molecule has 0 spiro atoms. The Hall–Kier alpha value is -3.35. The van der Waals surface area contributed by atoms with Crippen LogP contribution in [-0.4, -0.2) is 24.6 Å². The average molecular weight is 470 g/mol. The van der Waals surface area contributed by atoms with Crippen molar-refractivity contribution in [2.75, 3.05) is 11.9 Å². The largest absolute Gasteiger partial charge is 0.481 e. The van der Waals surface area contributed by atoms with Crippen molar-refractivity contribution in [2.24, 2.45) is 5.10 Å². The monoisotopic (exact) mass is 469 g/mol. The van der Waals surface area contributed by atoms with Gasteiger partial charge in [-0.2, -0.15) is 5.10 Å². The Kier molecular flexibility index (Phi) is 7.87. The Balaban J connectivity index is 1.58. The minimum absolute atomic E-state index is 0.188. The number of nitrogens with one attached hydrogen (secondary N) is 2. The fourth-order valence-corrected chi connectivity index (χ4v) is 3.40. The SMILES string of the molecule is Cc1ccc(C(=O)N/N=C/c2cc(Cl)c(OCC(=O)Nc3cccc(C)c3)c(Cl)c2)cc1. The molecule has 3 rings (SSSR count). The van der Waals surface area contributed by atoms with Crippen LogP contribution in [0.1, 0.15) is 27.0 Å². The summed E-state index contributed by atoms with van der Waals surface area (Å²) in [5.41, 5.74) is 6.27. The van der Waals surface area contributed by atoms with E-state index in [-0.39, 0.29) is 34.2 Å². The molecule has 164 valence electrons. The van der Waals surface area contributed by atoms with Gasteiger partial charge in [0.2, 0.25) is 0 Å². The zero-order valence-electron chi connectivity index (χ0n) is 17.5.